The third kappa shape index (κ3) is 3.64. The van der Waals surface area contributed by atoms with Crippen LogP contribution in [0.3, 0.4) is 0 Å². The zero-order valence-corrected chi connectivity index (χ0v) is 11.2. The van der Waals surface area contributed by atoms with E-state index >= 15 is 0 Å². The molecular weight excluding hydrogens is 246 g/mol. The van der Waals surface area contributed by atoms with E-state index in [4.69, 9.17) is 9.84 Å². The summed E-state index contributed by atoms with van der Waals surface area (Å²) < 4.78 is 5.43. The van der Waals surface area contributed by atoms with Gasteiger partial charge in [0.2, 0.25) is 0 Å². The number of carboxylic acids is 1. The average molecular weight is 265 g/mol. The molecule has 0 spiro atoms. The maximum Gasteiger partial charge on any atom is 0.332 e. The molecule has 0 radical (unpaired) electrons. The lowest BCUT2D eigenvalue weighted by atomic mass is 10.2. The molecule has 6 nitrogen and oxygen atoms in total. The van der Waals surface area contributed by atoms with Gasteiger partial charge in [0.05, 0.1) is 6.10 Å². The van der Waals surface area contributed by atoms with E-state index < -0.39 is 12.1 Å². The van der Waals surface area contributed by atoms with Crippen molar-refractivity contribution in [1.29, 1.82) is 0 Å². The monoisotopic (exact) mass is 265 g/mol. The summed E-state index contributed by atoms with van der Waals surface area (Å²) >= 11 is 0. The first kappa shape index (κ1) is 13.7. The van der Waals surface area contributed by atoms with E-state index in [1.54, 1.807) is 0 Å². The number of rotatable bonds is 5. The van der Waals surface area contributed by atoms with E-state index in [2.05, 4.69) is 15.3 Å². The Morgan fingerprint density at radius 3 is 2.95 bits per heavy atom. The fraction of sp³-hybridized carbons (Fsp3) is 0.615. The molecule has 2 heterocycles. The molecule has 1 fully saturated rings. The summed E-state index contributed by atoms with van der Waals surface area (Å²) in [7, 11) is 0. The van der Waals surface area contributed by atoms with Gasteiger partial charge in [-0.2, -0.15) is 0 Å². The minimum atomic E-state index is -0.881. The molecule has 0 aromatic carbocycles. The standard InChI is InChI=1S/C13H19N3O3/c1-3-9-6-12(16-8(2)15-9)14-7-10-4-5-11(19-10)13(17)18/h6,10-11H,3-5,7H2,1-2H3,(H,17,18)(H,14,15,16). The van der Waals surface area contributed by atoms with Gasteiger partial charge in [-0.05, 0) is 26.2 Å². The van der Waals surface area contributed by atoms with Gasteiger partial charge in [0.25, 0.3) is 0 Å². The number of aromatic nitrogens is 2. The number of nitrogens with one attached hydrogen (secondary N) is 1. The largest absolute Gasteiger partial charge is 0.479 e. The van der Waals surface area contributed by atoms with Gasteiger partial charge >= 0.3 is 5.97 Å². The number of hydrogen-bond acceptors (Lipinski definition) is 5. The number of aliphatic carboxylic acids is 1. The summed E-state index contributed by atoms with van der Waals surface area (Å²) in [6.45, 7) is 4.48. The maximum absolute atomic E-state index is 10.8. The smallest absolute Gasteiger partial charge is 0.332 e. The molecule has 0 bridgehead atoms. The summed E-state index contributed by atoms with van der Waals surface area (Å²) in [6, 6.07) is 1.91. The number of carbonyl (C=O) groups is 1. The molecule has 19 heavy (non-hydrogen) atoms. The minimum Gasteiger partial charge on any atom is -0.479 e. The Balaban J connectivity index is 1.89. The Hall–Kier alpha value is -1.69. The van der Waals surface area contributed by atoms with Crippen molar-refractivity contribution in [3.8, 4) is 0 Å². The molecule has 6 heteroatoms. The van der Waals surface area contributed by atoms with Crippen LogP contribution in [-0.4, -0.2) is 39.8 Å². The number of hydrogen-bond donors (Lipinski definition) is 2. The van der Waals surface area contributed by atoms with Crippen molar-refractivity contribution in [3.63, 3.8) is 0 Å². The second-order valence-electron chi connectivity index (χ2n) is 4.69. The minimum absolute atomic E-state index is 0.0681. The molecule has 0 amide bonds. The zero-order chi connectivity index (χ0) is 13.8. The second kappa shape index (κ2) is 5.97. The van der Waals surface area contributed by atoms with Gasteiger partial charge in [0.1, 0.15) is 11.6 Å². The number of aryl methyl sites for hydroxylation is 2. The van der Waals surface area contributed by atoms with Crippen molar-refractivity contribution in [2.24, 2.45) is 0 Å². The molecule has 1 aromatic rings. The van der Waals surface area contributed by atoms with Gasteiger partial charge in [-0.25, -0.2) is 14.8 Å². The fourth-order valence-electron chi connectivity index (χ4n) is 2.16. The van der Waals surface area contributed by atoms with Crippen molar-refractivity contribution in [2.75, 3.05) is 11.9 Å². The highest BCUT2D eigenvalue weighted by Crippen LogP contribution is 2.20. The van der Waals surface area contributed by atoms with Crippen LogP contribution >= 0.6 is 0 Å². The fourth-order valence-corrected chi connectivity index (χ4v) is 2.16. The van der Waals surface area contributed by atoms with Crippen molar-refractivity contribution in [1.82, 2.24) is 9.97 Å². The summed E-state index contributed by atoms with van der Waals surface area (Å²) in [5.41, 5.74) is 0.991. The summed E-state index contributed by atoms with van der Waals surface area (Å²) in [5.74, 6) is 0.623. The number of nitrogens with zero attached hydrogens (tertiary/aromatic N) is 2. The predicted octanol–water partition coefficient (Wildman–Crippen LogP) is 1.39. The molecular formula is C13H19N3O3. The van der Waals surface area contributed by atoms with Gasteiger partial charge in [0.15, 0.2) is 6.10 Å². The molecule has 0 saturated carbocycles. The SMILES string of the molecule is CCc1cc(NCC2CCC(C(=O)O)O2)nc(C)n1. The van der Waals surface area contributed by atoms with Crippen LogP contribution in [-0.2, 0) is 16.0 Å². The molecule has 2 rings (SSSR count). The van der Waals surface area contributed by atoms with Gasteiger partial charge in [-0.15, -0.1) is 0 Å². The quantitative estimate of drug-likeness (QED) is 0.837. The Bertz CT molecular complexity index is 464. The van der Waals surface area contributed by atoms with Crippen LogP contribution in [0.5, 0.6) is 0 Å². The van der Waals surface area contributed by atoms with Crippen molar-refractivity contribution in [3.05, 3.63) is 17.6 Å². The lowest BCUT2D eigenvalue weighted by molar-refractivity contribution is -0.149. The maximum atomic E-state index is 10.8. The molecule has 0 aliphatic carbocycles. The third-order valence-electron chi connectivity index (χ3n) is 3.15. The average Bonchev–Trinajstić information content (AvgIpc) is 2.84. The highest BCUT2D eigenvalue weighted by atomic mass is 16.5. The second-order valence-corrected chi connectivity index (χ2v) is 4.69. The number of ether oxygens (including phenoxy) is 1. The van der Waals surface area contributed by atoms with Crippen LogP contribution in [0.1, 0.15) is 31.3 Å². The van der Waals surface area contributed by atoms with Crippen LogP contribution in [0.15, 0.2) is 6.07 Å². The van der Waals surface area contributed by atoms with E-state index in [9.17, 15) is 4.79 Å². The zero-order valence-electron chi connectivity index (χ0n) is 11.2. The Morgan fingerprint density at radius 1 is 1.53 bits per heavy atom. The molecule has 1 aliphatic rings. The molecule has 2 atom stereocenters. The molecule has 1 aliphatic heterocycles. The number of carboxylic acid groups (broad SMARTS) is 1. The van der Waals surface area contributed by atoms with Gasteiger partial charge in [0, 0.05) is 18.3 Å². The van der Waals surface area contributed by atoms with E-state index in [0.29, 0.717) is 13.0 Å². The van der Waals surface area contributed by atoms with E-state index in [0.717, 1.165) is 30.2 Å². The van der Waals surface area contributed by atoms with Crippen LogP contribution in [0.25, 0.3) is 0 Å². The van der Waals surface area contributed by atoms with E-state index in [1.807, 2.05) is 19.9 Å². The van der Waals surface area contributed by atoms with Crippen LogP contribution < -0.4 is 5.32 Å². The normalized spacial score (nSPS) is 22.4. The Labute approximate surface area is 112 Å². The lowest BCUT2D eigenvalue weighted by Gasteiger charge is -2.13. The first-order valence-corrected chi connectivity index (χ1v) is 6.55. The summed E-state index contributed by atoms with van der Waals surface area (Å²) in [5, 5.41) is 12.0. The van der Waals surface area contributed by atoms with Gasteiger partial charge in [-0.3, -0.25) is 0 Å². The molecule has 1 aromatic heterocycles. The predicted molar refractivity (Wildman–Crippen MR) is 70.2 cm³/mol. The number of anilines is 1. The van der Waals surface area contributed by atoms with Crippen molar-refractivity contribution in [2.45, 2.75) is 45.3 Å². The first-order chi connectivity index (χ1) is 9.08. The lowest BCUT2D eigenvalue weighted by Crippen LogP contribution is -2.24. The highest BCUT2D eigenvalue weighted by Gasteiger charge is 2.30. The molecule has 2 unspecified atom stereocenters. The topological polar surface area (TPSA) is 84.3 Å². The van der Waals surface area contributed by atoms with Gasteiger partial charge < -0.3 is 15.2 Å². The van der Waals surface area contributed by atoms with Crippen molar-refractivity contribution < 1.29 is 14.6 Å². The van der Waals surface area contributed by atoms with E-state index in [-0.39, 0.29) is 6.10 Å². The van der Waals surface area contributed by atoms with E-state index in [1.165, 1.54) is 0 Å². The first-order valence-electron chi connectivity index (χ1n) is 6.55. The van der Waals surface area contributed by atoms with Crippen LogP contribution in [0, 0.1) is 6.92 Å². The molecule has 1 saturated heterocycles. The Kier molecular flexibility index (Phi) is 4.31. The summed E-state index contributed by atoms with van der Waals surface area (Å²) in [4.78, 5) is 19.4. The van der Waals surface area contributed by atoms with Crippen LogP contribution in [0.4, 0.5) is 5.82 Å². The Morgan fingerprint density at radius 2 is 2.32 bits per heavy atom. The third-order valence-corrected chi connectivity index (χ3v) is 3.15. The van der Waals surface area contributed by atoms with Crippen molar-refractivity contribution >= 4 is 11.8 Å². The highest BCUT2D eigenvalue weighted by molar-refractivity contribution is 5.72. The van der Waals surface area contributed by atoms with Gasteiger partial charge in [-0.1, -0.05) is 6.92 Å². The summed E-state index contributed by atoms with van der Waals surface area (Å²) in [6.07, 6.45) is 1.46. The van der Waals surface area contributed by atoms with Crippen LogP contribution in [0.2, 0.25) is 0 Å². The molecule has 104 valence electrons. The molecule has 2 N–H and O–H groups in total.